The Kier molecular flexibility index (Phi) is 3.43. The Hall–Kier alpha value is -2.48. The van der Waals surface area contributed by atoms with Crippen molar-refractivity contribution in [2.75, 3.05) is 17.2 Å². The second-order valence-electron chi connectivity index (χ2n) is 3.72. The van der Waals surface area contributed by atoms with Crippen molar-refractivity contribution in [1.29, 1.82) is 0 Å². The van der Waals surface area contributed by atoms with Crippen molar-refractivity contribution in [2.24, 2.45) is 5.73 Å². The molecule has 8 heteroatoms. The average Bonchev–Trinajstić information content (AvgIpc) is 2.30. The molecule has 0 saturated heterocycles. The van der Waals surface area contributed by atoms with Crippen LogP contribution in [0.2, 0.25) is 0 Å². The van der Waals surface area contributed by atoms with E-state index in [0.29, 0.717) is 21.3 Å². The van der Waals surface area contributed by atoms with Crippen molar-refractivity contribution < 1.29 is 4.79 Å². The molecule has 0 spiro atoms. The van der Waals surface area contributed by atoms with Gasteiger partial charge in [-0.3, -0.25) is 4.79 Å². The third-order valence-electron chi connectivity index (χ3n) is 2.22. The van der Waals surface area contributed by atoms with E-state index in [2.05, 4.69) is 9.97 Å². The van der Waals surface area contributed by atoms with Crippen molar-refractivity contribution in [3.63, 3.8) is 0 Å². The average molecular weight is 276 g/mol. The normalized spacial score (nSPS) is 10.3. The third kappa shape index (κ3) is 3.05. The Labute approximate surface area is 113 Å². The summed E-state index contributed by atoms with van der Waals surface area (Å²) in [5.41, 5.74) is 22.8. The molecule has 8 N–H and O–H groups in total. The lowest BCUT2D eigenvalue weighted by Crippen LogP contribution is -2.12. The van der Waals surface area contributed by atoms with E-state index in [1.165, 1.54) is 12.1 Å². The zero-order chi connectivity index (χ0) is 14.0. The van der Waals surface area contributed by atoms with Crippen molar-refractivity contribution in [3.05, 3.63) is 29.8 Å². The molecule has 0 atom stereocenters. The van der Waals surface area contributed by atoms with Crippen molar-refractivity contribution in [3.8, 4) is 0 Å². The second-order valence-corrected chi connectivity index (χ2v) is 4.73. The Morgan fingerprint density at radius 1 is 1.05 bits per heavy atom. The van der Waals surface area contributed by atoms with Gasteiger partial charge >= 0.3 is 0 Å². The first-order valence-corrected chi connectivity index (χ1v) is 6.04. The minimum absolute atomic E-state index is 0.256. The van der Waals surface area contributed by atoms with E-state index >= 15 is 0 Å². The van der Waals surface area contributed by atoms with Crippen molar-refractivity contribution in [1.82, 2.24) is 9.97 Å². The molecule has 1 aromatic carbocycles. The molecule has 0 fully saturated rings. The number of nitrogens with zero attached hydrogens (tertiary/aromatic N) is 2. The number of nitrogens with two attached hydrogens (primary N) is 4. The highest BCUT2D eigenvalue weighted by Gasteiger charge is 2.12. The number of amides is 1. The summed E-state index contributed by atoms with van der Waals surface area (Å²) in [4.78, 5) is 20.0. The largest absolute Gasteiger partial charge is 0.399 e. The monoisotopic (exact) mass is 276 g/mol. The fourth-order valence-electron chi connectivity index (χ4n) is 1.44. The maximum Gasteiger partial charge on any atom is 0.249 e. The van der Waals surface area contributed by atoms with Crippen LogP contribution in [0.25, 0.3) is 0 Å². The van der Waals surface area contributed by atoms with Gasteiger partial charge in [0.1, 0.15) is 11.6 Å². The standard InChI is InChI=1S/C11H12N6OS/c12-5-1-2-7(6(3-5)10(15)18)19-11-16-8(13)4-9(14)17-11/h1-4H,12H2,(H2,15,18)(H4,13,14,16,17). The number of hydrogen-bond acceptors (Lipinski definition) is 7. The zero-order valence-corrected chi connectivity index (χ0v) is 10.6. The lowest BCUT2D eigenvalue weighted by molar-refractivity contribution is 0.0997. The number of carbonyl (C=O) groups excluding carboxylic acids is 1. The molecular weight excluding hydrogens is 264 g/mol. The van der Waals surface area contributed by atoms with Gasteiger partial charge in [-0.2, -0.15) is 0 Å². The number of primary amides is 1. The van der Waals surface area contributed by atoms with Gasteiger partial charge in [0, 0.05) is 16.6 Å². The van der Waals surface area contributed by atoms with Gasteiger partial charge in [0.2, 0.25) is 5.91 Å². The molecule has 1 aromatic heterocycles. The van der Waals surface area contributed by atoms with Gasteiger partial charge in [0.25, 0.3) is 0 Å². The number of aromatic nitrogens is 2. The van der Waals surface area contributed by atoms with Crippen molar-refractivity contribution in [2.45, 2.75) is 10.1 Å². The fraction of sp³-hybridized carbons (Fsp3) is 0. The second kappa shape index (κ2) is 5.02. The van der Waals surface area contributed by atoms with Gasteiger partial charge in [-0.15, -0.1) is 0 Å². The van der Waals surface area contributed by atoms with Crippen LogP contribution in [-0.2, 0) is 0 Å². The first-order chi connectivity index (χ1) is 8.95. The number of carbonyl (C=O) groups is 1. The van der Waals surface area contributed by atoms with E-state index in [-0.39, 0.29) is 11.6 Å². The molecule has 0 saturated carbocycles. The van der Waals surface area contributed by atoms with E-state index in [1.807, 2.05) is 0 Å². The Morgan fingerprint density at radius 2 is 1.68 bits per heavy atom. The van der Waals surface area contributed by atoms with Gasteiger partial charge in [-0.25, -0.2) is 9.97 Å². The number of hydrogen-bond donors (Lipinski definition) is 4. The van der Waals surface area contributed by atoms with E-state index in [4.69, 9.17) is 22.9 Å². The molecule has 1 heterocycles. The van der Waals surface area contributed by atoms with Crippen LogP contribution in [0.5, 0.6) is 0 Å². The van der Waals surface area contributed by atoms with Gasteiger partial charge in [0.15, 0.2) is 5.16 Å². The molecule has 2 aromatic rings. The lowest BCUT2D eigenvalue weighted by Gasteiger charge is -2.07. The number of rotatable bonds is 3. The molecule has 2 rings (SSSR count). The first kappa shape index (κ1) is 13.0. The third-order valence-corrected chi connectivity index (χ3v) is 3.16. The molecular formula is C11H12N6OS. The zero-order valence-electron chi connectivity index (χ0n) is 9.83. The molecule has 7 nitrogen and oxygen atoms in total. The summed E-state index contributed by atoms with van der Waals surface area (Å²) in [5, 5.41) is 0.338. The summed E-state index contributed by atoms with van der Waals surface area (Å²) < 4.78 is 0. The number of anilines is 3. The summed E-state index contributed by atoms with van der Waals surface area (Å²) in [6.07, 6.45) is 0. The Balaban J connectivity index is 2.40. The smallest absolute Gasteiger partial charge is 0.249 e. The van der Waals surface area contributed by atoms with Crippen LogP contribution in [0.3, 0.4) is 0 Å². The number of nitrogen functional groups attached to an aromatic ring is 3. The van der Waals surface area contributed by atoms with Crippen LogP contribution in [0.4, 0.5) is 17.3 Å². The highest BCUT2D eigenvalue weighted by Crippen LogP contribution is 2.30. The van der Waals surface area contributed by atoms with Gasteiger partial charge < -0.3 is 22.9 Å². The first-order valence-electron chi connectivity index (χ1n) is 5.23. The minimum Gasteiger partial charge on any atom is -0.399 e. The molecule has 0 unspecified atom stereocenters. The Bertz CT molecular complexity index is 625. The highest BCUT2D eigenvalue weighted by atomic mass is 32.2. The van der Waals surface area contributed by atoms with Crippen LogP contribution in [-0.4, -0.2) is 15.9 Å². The van der Waals surface area contributed by atoms with Gasteiger partial charge in [-0.1, -0.05) is 0 Å². The predicted octanol–water partition coefficient (Wildman–Crippen LogP) is 0.473. The number of benzene rings is 1. The van der Waals surface area contributed by atoms with Crippen LogP contribution in [0.1, 0.15) is 10.4 Å². The predicted molar refractivity (Wildman–Crippen MR) is 74.4 cm³/mol. The maximum absolute atomic E-state index is 11.4. The van der Waals surface area contributed by atoms with E-state index in [1.54, 1.807) is 12.1 Å². The molecule has 0 radical (unpaired) electrons. The maximum atomic E-state index is 11.4. The Morgan fingerprint density at radius 3 is 2.26 bits per heavy atom. The molecule has 0 aliphatic rings. The quantitative estimate of drug-likeness (QED) is 0.470. The SMILES string of the molecule is NC(=O)c1cc(N)ccc1Sc1nc(N)cc(N)n1. The summed E-state index contributed by atoms with van der Waals surface area (Å²) in [7, 11) is 0. The molecule has 98 valence electrons. The molecule has 1 amide bonds. The molecule has 0 aliphatic carbocycles. The van der Waals surface area contributed by atoms with Gasteiger partial charge in [-0.05, 0) is 30.0 Å². The molecule has 19 heavy (non-hydrogen) atoms. The van der Waals surface area contributed by atoms with Crippen LogP contribution >= 0.6 is 11.8 Å². The highest BCUT2D eigenvalue weighted by molar-refractivity contribution is 7.99. The molecule has 0 aliphatic heterocycles. The minimum atomic E-state index is -0.577. The van der Waals surface area contributed by atoms with Crippen LogP contribution in [0, 0.1) is 0 Å². The summed E-state index contributed by atoms with van der Waals surface area (Å²) >= 11 is 1.14. The topological polar surface area (TPSA) is 147 Å². The van der Waals surface area contributed by atoms with Crippen LogP contribution in [0.15, 0.2) is 34.3 Å². The van der Waals surface area contributed by atoms with Gasteiger partial charge in [0.05, 0.1) is 5.56 Å². The molecule has 0 bridgehead atoms. The summed E-state index contributed by atoms with van der Waals surface area (Å²) in [6.45, 7) is 0. The fourth-order valence-corrected chi connectivity index (χ4v) is 2.34. The van der Waals surface area contributed by atoms with E-state index in [0.717, 1.165) is 11.8 Å². The van der Waals surface area contributed by atoms with Crippen molar-refractivity contribution >= 4 is 35.0 Å². The lowest BCUT2D eigenvalue weighted by atomic mass is 10.2. The van der Waals surface area contributed by atoms with E-state index in [9.17, 15) is 4.79 Å². The van der Waals surface area contributed by atoms with E-state index < -0.39 is 5.91 Å². The van der Waals surface area contributed by atoms with Crippen LogP contribution < -0.4 is 22.9 Å². The summed E-state index contributed by atoms with van der Waals surface area (Å²) in [5.74, 6) is -0.0659. The summed E-state index contributed by atoms with van der Waals surface area (Å²) in [6, 6.07) is 6.27.